The van der Waals surface area contributed by atoms with Gasteiger partial charge >= 0.3 is 5.97 Å². The van der Waals surface area contributed by atoms with E-state index >= 15 is 0 Å². The van der Waals surface area contributed by atoms with Crippen LogP contribution in [0.1, 0.15) is 30.0 Å². The minimum absolute atomic E-state index is 0.189. The lowest BCUT2D eigenvalue weighted by atomic mass is 10.0. The van der Waals surface area contributed by atoms with Crippen molar-refractivity contribution in [2.75, 3.05) is 12.3 Å². The molecule has 2 N–H and O–H groups in total. The number of ether oxygens (including phenoxy) is 1. The first-order valence-electron chi connectivity index (χ1n) is 7.40. The summed E-state index contributed by atoms with van der Waals surface area (Å²) >= 11 is 3.42. The summed E-state index contributed by atoms with van der Waals surface area (Å²) in [5.41, 5.74) is 9.32. The number of nitrogen functional groups attached to an aromatic ring is 1. The fraction of sp³-hybridized carbons (Fsp3) is 0.211. The Morgan fingerprint density at radius 3 is 2.78 bits per heavy atom. The Morgan fingerprint density at radius 2 is 2.04 bits per heavy atom. The Bertz CT molecular complexity index is 759. The molecule has 0 spiro atoms. The zero-order chi connectivity index (χ0) is 16.7. The van der Waals surface area contributed by atoms with Crippen LogP contribution in [-0.4, -0.2) is 12.6 Å². The van der Waals surface area contributed by atoms with Crippen LogP contribution in [0.3, 0.4) is 0 Å². The van der Waals surface area contributed by atoms with E-state index in [0.717, 1.165) is 21.2 Å². The highest BCUT2D eigenvalue weighted by Gasteiger charge is 2.04. The Morgan fingerprint density at radius 1 is 1.22 bits per heavy atom. The number of benzene rings is 2. The zero-order valence-corrected chi connectivity index (χ0v) is 14.5. The maximum atomic E-state index is 11.4. The first-order chi connectivity index (χ1) is 11.1. The molecule has 2 rings (SSSR count). The predicted octanol–water partition coefficient (Wildman–Crippen LogP) is 3.93. The SMILES string of the molecule is CCOC(=O)CCc1ccc(N)c(C#Cc2cccc(Br)c2)c1. The number of halogens is 1. The monoisotopic (exact) mass is 371 g/mol. The van der Waals surface area contributed by atoms with E-state index in [-0.39, 0.29) is 5.97 Å². The molecule has 0 aliphatic rings. The topological polar surface area (TPSA) is 52.3 Å². The molecule has 0 unspecified atom stereocenters. The summed E-state index contributed by atoms with van der Waals surface area (Å²) < 4.78 is 5.92. The lowest BCUT2D eigenvalue weighted by Gasteiger charge is -2.05. The van der Waals surface area contributed by atoms with Crippen LogP contribution >= 0.6 is 15.9 Å². The summed E-state index contributed by atoms with van der Waals surface area (Å²) in [4.78, 5) is 11.4. The minimum Gasteiger partial charge on any atom is -0.466 e. The van der Waals surface area contributed by atoms with Crippen LogP contribution in [0.15, 0.2) is 46.9 Å². The van der Waals surface area contributed by atoms with Crippen molar-refractivity contribution in [3.8, 4) is 11.8 Å². The molecule has 23 heavy (non-hydrogen) atoms. The largest absolute Gasteiger partial charge is 0.466 e. The van der Waals surface area contributed by atoms with Crippen LogP contribution in [0.4, 0.5) is 5.69 Å². The van der Waals surface area contributed by atoms with Crippen LogP contribution in [0.5, 0.6) is 0 Å². The number of esters is 1. The van der Waals surface area contributed by atoms with E-state index in [1.807, 2.05) is 42.5 Å². The molecule has 0 aromatic heterocycles. The number of rotatable bonds is 4. The lowest BCUT2D eigenvalue weighted by Crippen LogP contribution is -2.05. The van der Waals surface area contributed by atoms with Crippen molar-refractivity contribution in [2.24, 2.45) is 0 Å². The van der Waals surface area contributed by atoms with Gasteiger partial charge in [-0.2, -0.15) is 0 Å². The third kappa shape index (κ3) is 5.46. The van der Waals surface area contributed by atoms with Crippen molar-refractivity contribution in [1.29, 1.82) is 0 Å². The van der Waals surface area contributed by atoms with E-state index in [9.17, 15) is 4.79 Å². The molecule has 0 radical (unpaired) electrons. The number of carbonyl (C=O) groups excluding carboxylic acids is 1. The van der Waals surface area contributed by atoms with Gasteiger partial charge in [-0.05, 0) is 49.2 Å². The smallest absolute Gasteiger partial charge is 0.306 e. The molecule has 0 saturated heterocycles. The normalized spacial score (nSPS) is 9.83. The summed E-state index contributed by atoms with van der Waals surface area (Å²) in [6.45, 7) is 2.21. The number of carbonyl (C=O) groups is 1. The molecule has 2 aromatic carbocycles. The molecule has 0 fully saturated rings. The van der Waals surface area contributed by atoms with Crippen molar-refractivity contribution in [3.05, 3.63) is 63.6 Å². The fourth-order valence-corrected chi connectivity index (χ4v) is 2.45. The molecule has 0 amide bonds. The molecule has 0 atom stereocenters. The summed E-state index contributed by atoms with van der Waals surface area (Å²) in [5, 5.41) is 0. The second-order valence-corrected chi connectivity index (χ2v) is 5.90. The Balaban J connectivity index is 2.13. The molecular formula is C19H18BrNO2. The molecule has 118 valence electrons. The average Bonchev–Trinajstić information content (AvgIpc) is 2.53. The van der Waals surface area contributed by atoms with Crippen molar-refractivity contribution in [2.45, 2.75) is 19.8 Å². The molecule has 4 heteroatoms. The number of hydrogen-bond donors (Lipinski definition) is 1. The number of hydrogen-bond acceptors (Lipinski definition) is 3. The maximum Gasteiger partial charge on any atom is 0.306 e. The summed E-state index contributed by atoms with van der Waals surface area (Å²) in [6.07, 6.45) is 0.973. The van der Waals surface area contributed by atoms with Gasteiger partial charge in [-0.1, -0.05) is 39.9 Å². The quantitative estimate of drug-likeness (QED) is 0.503. The molecule has 0 bridgehead atoms. The highest BCUT2D eigenvalue weighted by atomic mass is 79.9. The van der Waals surface area contributed by atoms with E-state index in [1.165, 1.54) is 0 Å². The highest BCUT2D eigenvalue weighted by molar-refractivity contribution is 9.10. The number of nitrogens with two attached hydrogens (primary N) is 1. The van der Waals surface area contributed by atoms with E-state index in [0.29, 0.717) is 25.1 Å². The van der Waals surface area contributed by atoms with Crippen LogP contribution in [0, 0.1) is 11.8 Å². The maximum absolute atomic E-state index is 11.4. The van der Waals surface area contributed by atoms with Crippen molar-refractivity contribution >= 4 is 27.6 Å². The summed E-state index contributed by atoms with van der Waals surface area (Å²) in [6, 6.07) is 13.5. The van der Waals surface area contributed by atoms with Crippen LogP contribution in [-0.2, 0) is 16.0 Å². The third-order valence-electron chi connectivity index (χ3n) is 3.21. The van der Waals surface area contributed by atoms with Gasteiger partial charge in [-0.3, -0.25) is 4.79 Å². The van der Waals surface area contributed by atoms with Crippen molar-refractivity contribution in [1.82, 2.24) is 0 Å². The molecule has 3 nitrogen and oxygen atoms in total. The molecule has 0 aliphatic carbocycles. The zero-order valence-electron chi connectivity index (χ0n) is 12.9. The van der Waals surface area contributed by atoms with E-state index in [1.54, 1.807) is 6.92 Å². The Hall–Kier alpha value is -2.25. The Labute approximate surface area is 145 Å². The lowest BCUT2D eigenvalue weighted by molar-refractivity contribution is -0.143. The predicted molar refractivity (Wildman–Crippen MR) is 95.9 cm³/mol. The van der Waals surface area contributed by atoms with E-state index in [2.05, 4.69) is 27.8 Å². The van der Waals surface area contributed by atoms with E-state index in [4.69, 9.17) is 10.5 Å². The Kier molecular flexibility index (Phi) is 6.25. The minimum atomic E-state index is -0.189. The van der Waals surface area contributed by atoms with Gasteiger partial charge in [0.25, 0.3) is 0 Å². The van der Waals surface area contributed by atoms with E-state index < -0.39 is 0 Å². The molecular weight excluding hydrogens is 354 g/mol. The first kappa shape index (κ1) is 17.1. The third-order valence-corrected chi connectivity index (χ3v) is 3.70. The van der Waals surface area contributed by atoms with Gasteiger partial charge in [0.2, 0.25) is 0 Å². The second kappa shape index (κ2) is 8.40. The molecule has 0 aliphatic heterocycles. The van der Waals surface area contributed by atoms with Crippen LogP contribution < -0.4 is 5.73 Å². The van der Waals surface area contributed by atoms with Gasteiger partial charge in [-0.25, -0.2) is 0 Å². The second-order valence-electron chi connectivity index (χ2n) is 4.99. The van der Waals surface area contributed by atoms with Crippen LogP contribution in [0.2, 0.25) is 0 Å². The van der Waals surface area contributed by atoms with Gasteiger partial charge in [0.05, 0.1) is 6.61 Å². The standard InChI is InChI=1S/C19H18BrNO2/c1-2-23-19(22)11-8-15-7-10-18(21)16(12-15)9-6-14-4-3-5-17(20)13-14/h3-5,7,10,12-13H,2,8,11,21H2,1H3. The molecule has 2 aromatic rings. The van der Waals surface area contributed by atoms with Crippen molar-refractivity contribution in [3.63, 3.8) is 0 Å². The van der Waals surface area contributed by atoms with Gasteiger partial charge in [0, 0.05) is 27.7 Å². The van der Waals surface area contributed by atoms with Gasteiger partial charge in [0.1, 0.15) is 0 Å². The highest BCUT2D eigenvalue weighted by Crippen LogP contribution is 2.16. The van der Waals surface area contributed by atoms with Gasteiger partial charge < -0.3 is 10.5 Å². The van der Waals surface area contributed by atoms with Crippen LogP contribution in [0.25, 0.3) is 0 Å². The van der Waals surface area contributed by atoms with Crippen molar-refractivity contribution < 1.29 is 9.53 Å². The fourth-order valence-electron chi connectivity index (χ4n) is 2.05. The molecule has 0 heterocycles. The summed E-state index contributed by atoms with van der Waals surface area (Å²) in [7, 11) is 0. The number of anilines is 1. The molecule has 0 saturated carbocycles. The first-order valence-corrected chi connectivity index (χ1v) is 8.19. The van der Waals surface area contributed by atoms with Gasteiger partial charge in [0.15, 0.2) is 0 Å². The van der Waals surface area contributed by atoms with Gasteiger partial charge in [-0.15, -0.1) is 0 Å². The summed E-state index contributed by atoms with van der Waals surface area (Å²) in [5.74, 6) is 6.01. The number of aryl methyl sites for hydroxylation is 1. The average molecular weight is 372 g/mol.